The highest BCUT2D eigenvalue weighted by atomic mass is 35.5. The van der Waals surface area contributed by atoms with Crippen molar-refractivity contribution in [2.75, 3.05) is 0 Å². The van der Waals surface area contributed by atoms with E-state index in [0.29, 0.717) is 17.7 Å². The van der Waals surface area contributed by atoms with E-state index in [1.54, 1.807) is 13.0 Å². The van der Waals surface area contributed by atoms with E-state index < -0.39 is 12.1 Å². The summed E-state index contributed by atoms with van der Waals surface area (Å²) in [5.74, 6) is -1.82. The van der Waals surface area contributed by atoms with E-state index in [9.17, 15) is 13.2 Å². The lowest BCUT2D eigenvalue weighted by Crippen LogP contribution is -2.19. The van der Waals surface area contributed by atoms with Crippen molar-refractivity contribution in [1.82, 2.24) is 0 Å². The van der Waals surface area contributed by atoms with Gasteiger partial charge in [0.15, 0.2) is 0 Å². The Labute approximate surface area is 171 Å². The molecule has 0 spiro atoms. The summed E-state index contributed by atoms with van der Waals surface area (Å²) in [5, 5.41) is 2.20. The summed E-state index contributed by atoms with van der Waals surface area (Å²) in [4.78, 5) is 0. The minimum Gasteiger partial charge on any atom is -0.326 e. The Kier molecular flexibility index (Phi) is 6.04. The highest BCUT2D eigenvalue weighted by molar-refractivity contribution is 6.36. The summed E-state index contributed by atoms with van der Waals surface area (Å²) < 4.78 is 41.3. The molecule has 28 heavy (non-hydrogen) atoms. The van der Waals surface area contributed by atoms with Crippen LogP contribution in [0.2, 0.25) is 10.0 Å². The Bertz CT molecular complexity index is 1020. The highest BCUT2D eigenvalue weighted by Gasteiger charge is 2.39. The summed E-state index contributed by atoms with van der Waals surface area (Å²) in [6.07, 6.45) is -1.85. The molecule has 1 nitrogen and oxygen atoms in total. The first-order valence-electron chi connectivity index (χ1n) is 8.63. The maximum Gasteiger partial charge on any atom is 0.399 e. The van der Waals surface area contributed by atoms with Crippen LogP contribution >= 0.6 is 23.2 Å². The topological polar surface area (TPSA) is 26.0 Å². The van der Waals surface area contributed by atoms with Gasteiger partial charge in [-0.2, -0.15) is 13.2 Å². The van der Waals surface area contributed by atoms with E-state index in [-0.39, 0.29) is 15.6 Å². The average molecular weight is 424 g/mol. The Morgan fingerprint density at radius 3 is 2.18 bits per heavy atom. The lowest BCUT2D eigenvalue weighted by molar-refractivity contribution is -0.139. The molecule has 1 atom stereocenters. The van der Waals surface area contributed by atoms with Crippen molar-refractivity contribution in [2.45, 2.75) is 25.6 Å². The summed E-state index contributed by atoms with van der Waals surface area (Å²) in [6.45, 7) is 2.02. The van der Waals surface area contributed by atoms with Crippen molar-refractivity contribution in [1.29, 1.82) is 0 Å². The van der Waals surface area contributed by atoms with Crippen molar-refractivity contribution in [3.63, 3.8) is 0 Å². The van der Waals surface area contributed by atoms with Crippen LogP contribution in [0.15, 0.2) is 54.6 Å². The van der Waals surface area contributed by atoms with Crippen LogP contribution in [0.25, 0.3) is 16.8 Å². The Balaban J connectivity index is 2.08. The number of allylic oxidation sites excluding steroid dienone is 1. The van der Waals surface area contributed by atoms with Crippen LogP contribution in [-0.4, -0.2) is 6.18 Å². The first kappa shape index (κ1) is 20.7. The van der Waals surface area contributed by atoms with Crippen LogP contribution in [0.3, 0.4) is 0 Å². The zero-order valence-electron chi connectivity index (χ0n) is 15.0. The molecule has 0 radical (unpaired) electrons. The molecule has 0 fully saturated rings. The van der Waals surface area contributed by atoms with Crippen LogP contribution in [0, 0.1) is 6.92 Å². The third-order valence-corrected chi connectivity index (χ3v) is 5.54. The van der Waals surface area contributed by atoms with Crippen molar-refractivity contribution in [2.24, 2.45) is 5.73 Å². The van der Waals surface area contributed by atoms with Gasteiger partial charge in [0.2, 0.25) is 0 Å². The Morgan fingerprint density at radius 2 is 1.61 bits per heavy atom. The molecule has 146 valence electrons. The second kappa shape index (κ2) is 8.16. The number of rotatable bonds is 4. The molecule has 0 saturated heterocycles. The molecule has 6 heteroatoms. The molecular weight excluding hydrogens is 406 g/mol. The standard InChI is InChI=1S/C22H18Cl2F3N/c1-13-20(23)10-16(11-21(13)24)19(22(25,26)27)9-8-14-6-7-15(12-28)18-5-3-2-4-17(14)18/h2-11,19H,12,28H2,1H3/b9-8+. The molecule has 0 saturated carbocycles. The first-order chi connectivity index (χ1) is 13.2. The fourth-order valence-electron chi connectivity index (χ4n) is 3.16. The molecule has 0 aromatic heterocycles. The van der Waals surface area contributed by atoms with Crippen LogP contribution < -0.4 is 5.73 Å². The van der Waals surface area contributed by atoms with Crippen LogP contribution in [-0.2, 0) is 6.54 Å². The van der Waals surface area contributed by atoms with Gasteiger partial charge in [0.05, 0.1) is 5.92 Å². The van der Waals surface area contributed by atoms with Crippen LogP contribution in [0.5, 0.6) is 0 Å². The van der Waals surface area contributed by atoms with E-state index in [1.165, 1.54) is 18.2 Å². The number of alkyl halides is 3. The molecule has 0 amide bonds. The van der Waals surface area contributed by atoms with E-state index in [2.05, 4.69) is 0 Å². The second-order valence-corrected chi connectivity index (χ2v) is 7.37. The average Bonchev–Trinajstić information content (AvgIpc) is 2.65. The maximum atomic E-state index is 13.8. The van der Waals surface area contributed by atoms with Crippen molar-refractivity contribution >= 4 is 40.1 Å². The summed E-state index contributed by atoms with van der Waals surface area (Å²) in [5.41, 5.74) is 7.96. The van der Waals surface area contributed by atoms with Gasteiger partial charge < -0.3 is 5.73 Å². The molecule has 0 aliphatic carbocycles. The zero-order chi connectivity index (χ0) is 20.5. The SMILES string of the molecule is Cc1c(Cl)cc(C(/C=C/c2ccc(CN)c3ccccc23)C(F)(F)F)cc1Cl. The third-order valence-electron chi connectivity index (χ3n) is 4.75. The zero-order valence-corrected chi connectivity index (χ0v) is 16.5. The lowest BCUT2D eigenvalue weighted by atomic mass is 9.94. The number of halogens is 5. The van der Waals surface area contributed by atoms with Crippen LogP contribution in [0.4, 0.5) is 13.2 Å². The highest BCUT2D eigenvalue weighted by Crippen LogP contribution is 2.40. The fourth-order valence-corrected chi connectivity index (χ4v) is 3.67. The molecule has 0 aliphatic heterocycles. The van der Waals surface area contributed by atoms with Gasteiger partial charge in [-0.15, -0.1) is 0 Å². The molecule has 0 bridgehead atoms. The van der Waals surface area contributed by atoms with Crippen molar-refractivity contribution in [3.05, 3.63) is 86.9 Å². The van der Waals surface area contributed by atoms with Gasteiger partial charge in [-0.05, 0) is 52.1 Å². The van der Waals surface area contributed by atoms with Crippen molar-refractivity contribution in [3.8, 4) is 0 Å². The summed E-state index contributed by atoms with van der Waals surface area (Å²) in [6, 6.07) is 13.8. The molecule has 3 aromatic rings. The normalized spacial score (nSPS) is 13.4. The van der Waals surface area contributed by atoms with E-state index in [0.717, 1.165) is 22.4 Å². The second-order valence-electron chi connectivity index (χ2n) is 6.55. The monoisotopic (exact) mass is 423 g/mol. The minimum atomic E-state index is -4.48. The number of benzene rings is 3. The smallest absolute Gasteiger partial charge is 0.326 e. The van der Waals surface area contributed by atoms with Gasteiger partial charge in [0.1, 0.15) is 0 Å². The van der Waals surface area contributed by atoms with Gasteiger partial charge in [-0.25, -0.2) is 0 Å². The molecule has 0 aliphatic rings. The van der Waals surface area contributed by atoms with E-state index in [1.807, 2.05) is 30.3 Å². The Morgan fingerprint density at radius 1 is 1.00 bits per heavy atom. The summed E-state index contributed by atoms with van der Waals surface area (Å²) >= 11 is 12.1. The summed E-state index contributed by atoms with van der Waals surface area (Å²) in [7, 11) is 0. The maximum absolute atomic E-state index is 13.8. The van der Waals surface area contributed by atoms with Gasteiger partial charge >= 0.3 is 6.18 Å². The lowest BCUT2D eigenvalue weighted by Gasteiger charge is -2.19. The first-order valence-corrected chi connectivity index (χ1v) is 9.39. The molecule has 3 aromatic carbocycles. The van der Waals surface area contributed by atoms with Crippen molar-refractivity contribution < 1.29 is 13.2 Å². The third kappa shape index (κ3) is 4.19. The number of hydrogen-bond acceptors (Lipinski definition) is 1. The molecule has 1 unspecified atom stereocenters. The van der Waals surface area contributed by atoms with Gasteiger partial charge in [-0.3, -0.25) is 0 Å². The van der Waals surface area contributed by atoms with E-state index in [4.69, 9.17) is 28.9 Å². The van der Waals surface area contributed by atoms with Crippen LogP contribution in [0.1, 0.15) is 28.2 Å². The van der Waals surface area contributed by atoms with Gasteiger partial charge in [0.25, 0.3) is 0 Å². The van der Waals surface area contributed by atoms with Gasteiger partial charge in [0, 0.05) is 16.6 Å². The number of fused-ring (bicyclic) bond motifs is 1. The predicted molar refractivity (Wildman–Crippen MR) is 111 cm³/mol. The predicted octanol–water partition coefficient (Wildman–Crippen LogP) is 7.27. The quantitative estimate of drug-likeness (QED) is 0.468. The minimum absolute atomic E-state index is 0.00670. The molecule has 0 heterocycles. The molecule has 3 rings (SSSR count). The number of nitrogens with two attached hydrogens (primary N) is 1. The fraction of sp³-hybridized carbons (Fsp3) is 0.182. The number of hydrogen-bond donors (Lipinski definition) is 1. The molecule has 2 N–H and O–H groups in total. The largest absolute Gasteiger partial charge is 0.399 e. The van der Waals surface area contributed by atoms with E-state index >= 15 is 0 Å². The molecular formula is C22H18Cl2F3N. The Hall–Kier alpha value is -2.01. The van der Waals surface area contributed by atoms with Gasteiger partial charge in [-0.1, -0.05) is 71.8 Å².